The fourth-order valence-corrected chi connectivity index (χ4v) is 6.07. The number of rotatable bonds is 35. The minimum absolute atomic E-state index is 0.330. The van der Waals surface area contributed by atoms with Crippen LogP contribution in [-0.4, -0.2) is 11.1 Å². The molecule has 0 heterocycles. The number of aliphatic carboxylic acids is 1. The fraction of sp³-hybridized carbons (Fsp3) is 0.875. The van der Waals surface area contributed by atoms with Crippen LogP contribution in [0.3, 0.4) is 0 Å². The van der Waals surface area contributed by atoms with Gasteiger partial charge in [-0.1, -0.05) is 179 Å². The van der Waals surface area contributed by atoms with Gasteiger partial charge in [-0.05, 0) is 63.7 Å². The number of unbranched alkanes of at least 4 members (excludes halogenated alkanes) is 25. The predicted octanol–water partition coefficient (Wildman–Crippen LogP) is 14.3. The average molecular weight is 589 g/mol. The Morgan fingerprint density at radius 3 is 1.29 bits per heavy atom. The highest BCUT2D eigenvalue weighted by Crippen LogP contribution is 2.21. The third kappa shape index (κ3) is 35.1. The van der Waals surface area contributed by atoms with E-state index in [1.165, 1.54) is 186 Å². The van der Waals surface area contributed by atoms with Crippen molar-refractivity contribution in [2.24, 2.45) is 5.92 Å². The van der Waals surface area contributed by atoms with Crippen molar-refractivity contribution in [2.45, 2.75) is 219 Å². The molecule has 0 aromatic rings. The number of allylic oxidation sites excluding steroid dienone is 4. The molecule has 1 N–H and O–H groups in total. The Balaban J connectivity index is 3.97. The van der Waals surface area contributed by atoms with Crippen LogP contribution in [0.1, 0.15) is 219 Å². The topological polar surface area (TPSA) is 37.3 Å². The van der Waals surface area contributed by atoms with E-state index in [2.05, 4.69) is 38.2 Å². The van der Waals surface area contributed by atoms with Crippen molar-refractivity contribution in [1.82, 2.24) is 0 Å². The SMILES string of the molecule is CCCCCCCCC=CCCCC(C=CCCCCCCCCCCCCCCCC)CCCCCCCC(=O)O. The normalized spacial score (nSPS) is 12.6. The van der Waals surface area contributed by atoms with Crippen LogP contribution in [0.4, 0.5) is 0 Å². The van der Waals surface area contributed by atoms with Crippen LogP contribution in [0.2, 0.25) is 0 Å². The smallest absolute Gasteiger partial charge is 0.303 e. The molecule has 0 aliphatic heterocycles. The molecule has 0 saturated heterocycles. The summed E-state index contributed by atoms with van der Waals surface area (Å²) in [7, 11) is 0. The van der Waals surface area contributed by atoms with E-state index in [0.717, 1.165) is 18.8 Å². The summed E-state index contributed by atoms with van der Waals surface area (Å²) in [6, 6.07) is 0. The molecule has 0 bridgehead atoms. The molecule has 0 aromatic carbocycles. The molecule has 1 atom stereocenters. The van der Waals surface area contributed by atoms with Gasteiger partial charge in [0.15, 0.2) is 0 Å². The number of carbonyl (C=O) groups is 1. The zero-order valence-corrected chi connectivity index (χ0v) is 28.9. The second-order valence-electron chi connectivity index (χ2n) is 13.2. The van der Waals surface area contributed by atoms with Gasteiger partial charge in [0.25, 0.3) is 0 Å². The summed E-state index contributed by atoms with van der Waals surface area (Å²) < 4.78 is 0. The third-order valence-corrected chi connectivity index (χ3v) is 8.93. The summed E-state index contributed by atoms with van der Waals surface area (Å²) in [4.78, 5) is 10.7. The van der Waals surface area contributed by atoms with Gasteiger partial charge in [-0.3, -0.25) is 4.79 Å². The van der Waals surface area contributed by atoms with E-state index in [1.807, 2.05) is 0 Å². The Kier molecular flexibility index (Phi) is 35.2. The lowest BCUT2D eigenvalue weighted by atomic mass is 9.94. The van der Waals surface area contributed by atoms with E-state index in [9.17, 15) is 4.79 Å². The average Bonchev–Trinajstić information content (AvgIpc) is 2.98. The molecule has 0 saturated carbocycles. The van der Waals surface area contributed by atoms with E-state index < -0.39 is 5.97 Å². The first kappa shape index (κ1) is 41.0. The van der Waals surface area contributed by atoms with Crippen LogP contribution in [0, 0.1) is 5.92 Å². The van der Waals surface area contributed by atoms with Crippen LogP contribution in [-0.2, 0) is 4.79 Å². The van der Waals surface area contributed by atoms with Crippen LogP contribution >= 0.6 is 0 Å². The maximum absolute atomic E-state index is 10.7. The van der Waals surface area contributed by atoms with Crippen molar-refractivity contribution >= 4 is 5.97 Å². The van der Waals surface area contributed by atoms with Gasteiger partial charge in [0.2, 0.25) is 0 Å². The summed E-state index contributed by atoms with van der Waals surface area (Å²) in [6.07, 6.45) is 51.8. The molecule has 0 aliphatic carbocycles. The molecular formula is C40H76O2. The van der Waals surface area contributed by atoms with Crippen LogP contribution in [0.15, 0.2) is 24.3 Å². The third-order valence-electron chi connectivity index (χ3n) is 8.93. The van der Waals surface area contributed by atoms with Gasteiger partial charge >= 0.3 is 5.97 Å². The lowest BCUT2D eigenvalue weighted by Gasteiger charge is -2.12. The molecule has 1 unspecified atom stereocenters. The Morgan fingerprint density at radius 2 is 0.810 bits per heavy atom. The number of hydrogen-bond acceptors (Lipinski definition) is 1. The van der Waals surface area contributed by atoms with Gasteiger partial charge in [-0.25, -0.2) is 0 Å². The predicted molar refractivity (Wildman–Crippen MR) is 188 cm³/mol. The molecule has 248 valence electrons. The number of carboxylic acids is 1. The Bertz CT molecular complexity index is 578. The van der Waals surface area contributed by atoms with E-state index >= 15 is 0 Å². The van der Waals surface area contributed by atoms with Crippen molar-refractivity contribution in [3.63, 3.8) is 0 Å². The molecule has 2 nitrogen and oxygen atoms in total. The lowest BCUT2D eigenvalue weighted by molar-refractivity contribution is -0.137. The molecule has 0 amide bonds. The second kappa shape index (κ2) is 36.1. The summed E-state index contributed by atoms with van der Waals surface area (Å²) in [6.45, 7) is 4.58. The highest BCUT2D eigenvalue weighted by atomic mass is 16.4. The van der Waals surface area contributed by atoms with E-state index in [4.69, 9.17) is 5.11 Å². The van der Waals surface area contributed by atoms with Crippen molar-refractivity contribution < 1.29 is 9.90 Å². The fourth-order valence-electron chi connectivity index (χ4n) is 6.07. The lowest BCUT2D eigenvalue weighted by Crippen LogP contribution is -1.97. The summed E-state index contributed by atoms with van der Waals surface area (Å²) in [5, 5.41) is 8.82. The molecule has 0 rings (SSSR count). The standard InChI is InChI=1S/C40H76O2/c1-3-5-7-9-11-13-15-16-17-18-19-21-23-25-28-32-36-39(37-33-29-26-30-34-38-40(41)42)35-31-27-24-22-20-14-12-10-8-6-4-2/h22,24,32,36,39H,3-21,23,25-31,33-35,37-38H2,1-2H3,(H,41,42). The van der Waals surface area contributed by atoms with Gasteiger partial charge in [0.1, 0.15) is 0 Å². The van der Waals surface area contributed by atoms with Crippen LogP contribution < -0.4 is 0 Å². The zero-order valence-electron chi connectivity index (χ0n) is 28.9. The zero-order chi connectivity index (χ0) is 30.6. The molecule has 42 heavy (non-hydrogen) atoms. The van der Waals surface area contributed by atoms with Crippen molar-refractivity contribution in [3.05, 3.63) is 24.3 Å². The molecule has 0 spiro atoms. The van der Waals surface area contributed by atoms with Crippen LogP contribution in [0.25, 0.3) is 0 Å². The minimum atomic E-state index is -0.653. The Morgan fingerprint density at radius 1 is 0.452 bits per heavy atom. The molecular weight excluding hydrogens is 512 g/mol. The highest BCUT2D eigenvalue weighted by molar-refractivity contribution is 5.66. The number of carboxylic acid groups (broad SMARTS) is 1. The first-order chi connectivity index (χ1) is 20.7. The van der Waals surface area contributed by atoms with E-state index in [0.29, 0.717) is 6.42 Å². The van der Waals surface area contributed by atoms with Gasteiger partial charge in [0, 0.05) is 6.42 Å². The first-order valence-electron chi connectivity index (χ1n) is 19.2. The summed E-state index contributed by atoms with van der Waals surface area (Å²) in [5.74, 6) is 0.0719. The maximum atomic E-state index is 10.7. The highest BCUT2D eigenvalue weighted by Gasteiger charge is 2.05. The molecule has 2 heteroatoms. The van der Waals surface area contributed by atoms with Crippen molar-refractivity contribution in [1.29, 1.82) is 0 Å². The van der Waals surface area contributed by atoms with Gasteiger partial charge in [-0.2, -0.15) is 0 Å². The first-order valence-corrected chi connectivity index (χ1v) is 19.2. The number of hydrogen-bond donors (Lipinski definition) is 1. The summed E-state index contributed by atoms with van der Waals surface area (Å²) >= 11 is 0. The summed E-state index contributed by atoms with van der Waals surface area (Å²) in [5.41, 5.74) is 0. The monoisotopic (exact) mass is 589 g/mol. The molecule has 0 fully saturated rings. The van der Waals surface area contributed by atoms with E-state index in [-0.39, 0.29) is 0 Å². The van der Waals surface area contributed by atoms with Crippen molar-refractivity contribution in [3.8, 4) is 0 Å². The van der Waals surface area contributed by atoms with E-state index in [1.54, 1.807) is 0 Å². The maximum Gasteiger partial charge on any atom is 0.303 e. The van der Waals surface area contributed by atoms with Crippen LogP contribution in [0.5, 0.6) is 0 Å². The quantitative estimate of drug-likeness (QED) is 0.0590. The van der Waals surface area contributed by atoms with Gasteiger partial charge < -0.3 is 5.11 Å². The van der Waals surface area contributed by atoms with Gasteiger partial charge in [-0.15, -0.1) is 0 Å². The van der Waals surface area contributed by atoms with Crippen molar-refractivity contribution in [2.75, 3.05) is 0 Å². The molecule has 0 aliphatic rings. The Hall–Kier alpha value is -1.05. The second-order valence-corrected chi connectivity index (χ2v) is 13.2. The molecule has 0 radical (unpaired) electrons. The Labute approximate surface area is 265 Å². The van der Waals surface area contributed by atoms with Gasteiger partial charge in [0.05, 0.1) is 0 Å². The largest absolute Gasteiger partial charge is 0.481 e. The minimum Gasteiger partial charge on any atom is -0.481 e. The molecule has 0 aromatic heterocycles.